The predicted molar refractivity (Wildman–Crippen MR) is 79.7 cm³/mol. The van der Waals surface area contributed by atoms with Crippen molar-refractivity contribution in [2.75, 3.05) is 0 Å². The molecular formula is C18H22O. The second kappa shape index (κ2) is 6.08. The number of hydrogen-bond acceptors (Lipinski definition) is 1. The molecule has 1 fully saturated rings. The van der Waals surface area contributed by atoms with Gasteiger partial charge < -0.3 is 5.11 Å². The van der Waals surface area contributed by atoms with Crippen molar-refractivity contribution in [3.8, 4) is 11.8 Å². The SMILES string of the molecule is C=C(C)C[C@]1(C#Cc2ccccc2)CCCC[C@H]1O. The predicted octanol–water partition coefficient (Wildman–Crippen LogP) is 3.93. The summed E-state index contributed by atoms with van der Waals surface area (Å²) in [6, 6.07) is 10.00. The lowest BCUT2D eigenvalue weighted by molar-refractivity contribution is 0.0275. The standard InChI is InChI=1S/C18H22O/c1-15(2)14-18(12-7-6-10-17(18)19)13-11-16-8-4-3-5-9-16/h3-5,8-9,17,19H,1,6-7,10,12,14H2,2H3/t17-,18-/m1/s1. The summed E-state index contributed by atoms with van der Waals surface area (Å²) in [5.41, 5.74) is 1.82. The molecule has 1 N–H and O–H groups in total. The number of aliphatic hydroxyl groups excluding tert-OH is 1. The maximum atomic E-state index is 10.4. The maximum absolute atomic E-state index is 10.4. The highest BCUT2D eigenvalue weighted by molar-refractivity contribution is 5.36. The third-order valence-corrected chi connectivity index (χ3v) is 3.84. The molecule has 1 heteroatoms. The molecule has 1 saturated carbocycles. The minimum atomic E-state index is -0.325. The number of hydrogen-bond donors (Lipinski definition) is 1. The molecule has 0 aromatic heterocycles. The molecule has 0 unspecified atom stereocenters. The van der Waals surface area contributed by atoms with Gasteiger partial charge >= 0.3 is 0 Å². The second-order valence-electron chi connectivity index (χ2n) is 5.67. The molecule has 0 heterocycles. The molecule has 1 aromatic carbocycles. The van der Waals surface area contributed by atoms with E-state index in [1.54, 1.807) is 0 Å². The van der Waals surface area contributed by atoms with Crippen LogP contribution in [0.2, 0.25) is 0 Å². The molecule has 19 heavy (non-hydrogen) atoms. The fourth-order valence-electron chi connectivity index (χ4n) is 2.87. The Labute approximate surface area is 116 Å². The Balaban J connectivity index is 2.28. The zero-order chi connectivity index (χ0) is 13.7. The van der Waals surface area contributed by atoms with Crippen LogP contribution < -0.4 is 0 Å². The van der Waals surface area contributed by atoms with Gasteiger partial charge in [-0.2, -0.15) is 0 Å². The molecule has 0 amide bonds. The molecule has 0 saturated heterocycles. The minimum Gasteiger partial charge on any atom is -0.392 e. The van der Waals surface area contributed by atoms with E-state index in [-0.39, 0.29) is 11.5 Å². The van der Waals surface area contributed by atoms with Gasteiger partial charge in [-0.05, 0) is 38.3 Å². The topological polar surface area (TPSA) is 20.2 Å². The lowest BCUT2D eigenvalue weighted by Crippen LogP contribution is -2.37. The van der Waals surface area contributed by atoms with Crippen LogP contribution >= 0.6 is 0 Å². The van der Waals surface area contributed by atoms with E-state index in [2.05, 4.69) is 18.4 Å². The lowest BCUT2D eigenvalue weighted by atomic mass is 9.69. The first-order chi connectivity index (χ1) is 9.12. The highest BCUT2D eigenvalue weighted by Gasteiger charge is 2.38. The summed E-state index contributed by atoms with van der Waals surface area (Å²) >= 11 is 0. The first kappa shape index (κ1) is 13.9. The van der Waals surface area contributed by atoms with Crippen LogP contribution in [0.15, 0.2) is 42.5 Å². The largest absolute Gasteiger partial charge is 0.392 e. The Morgan fingerprint density at radius 2 is 2.11 bits per heavy atom. The van der Waals surface area contributed by atoms with Crippen LogP contribution in [0.1, 0.15) is 44.6 Å². The molecule has 0 radical (unpaired) electrons. The first-order valence-corrected chi connectivity index (χ1v) is 7.03. The van der Waals surface area contributed by atoms with Crippen LogP contribution in [0, 0.1) is 17.3 Å². The van der Waals surface area contributed by atoms with E-state index in [1.165, 1.54) is 0 Å². The van der Waals surface area contributed by atoms with E-state index in [0.717, 1.165) is 43.2 Å². The van der Waals surface area contributed by atoms with Gasteiger partial charge in [-0.3, -0.25) is 0 Å². The van der Waals surface area contributed by atoms with Crippen molar-refractivity contribution in [2.45, 2.75) is 45.1 Å². The summed E-state index contributed by atoms with van der Waals surface area (Å²) in [4.78, 5) is 0. The number of benzene rings is 1. The van der Waals surface area contributed by atoms with E-state index in [0.29, 0.717) is 0 Å². The fraction of sp³-hybridized carbons (Fsp3) is 0.444. The van der Waals surface area contributed by atoms with Crippen molar-refractivity contribution in [3.63, 3.8) is 0 Å². The van der Waals surface area contributed by atoms with Crippen LogP contribution in [0.25, 0.3) is 0 Å². The van der Waals surface area contributed by atoms with Gasteiger partial charge in [0.15, 0.2) is 0 Å². The van der Waals surface area contributed by atoms with Gasteiger partial charge in [0.05, 0.1) is 11.5 Å². The summed E-state index contributed by atoms with van der Waals surface area (Å²) in [5, 5.41) is 10.4. The van der Waals surface area contributed by atoms with Crippen LogP contribution in [-0.4, -0.2) is 11.2 Å². The molecule has 0 aliphatic heterocycles. The molecule has 1 aliphatic rings. The zero-order valence-electron chi connectivity index (χ0n) is 11.7. The molecule has 1 aliphatic carbocycles. The van der Waals surface area contributed by atoms with Crippen LogP contribution in [0.5, 0.6) is 0 Å². The van der Waals surface area contributed by atoms with Crippen molar-refractivity contribution < 1.29 is 5.11 Å². The summed E-state index contributed by atoms with van der Waals surface area (Å²) in [7, 11) is 0. The van der Waals surface area contributed by atoms with E-state index >= 15 is 0 Å². The highest BCUT2D eigenvalue weighted by Crippen LogP contribution is 2.40. The van der Waals surface area contributed by atoms with Crippen LogP contribution in [-0.2, 0) is 0 Å². The molecule has 0 spiro atoms. The van der Waals surface area contributed by atoms with Crippen LogP contribution in [0.3, 0.4) is 0 Å². The smallest absolute Gasteiger partial charge is 0.0708 e. The summed E-state index contributed by atoms with van der Waals surface area (Å²) < 4.78 is 0. The molecule has 0 bridgehead atoms. The third-order valence-electron chi connectivity index (χ3n) is 3.84. The Kier molecular flexibility index (Phi) is 4.45. The van der Waals surface area contributed by atoms with E-state index < -0.39 is 0 Å². The minimum absolute atomic E-state index is 0.292. The monoisotopic (exact) mass is 254 g/mol. The van der Waals surface area contributed by atoms with Gasteiger partial charge in [-0.15, -0.1) is 6.58 Å². The van der Waals surface area contributed by atoms with Gasteiger partial charge in [-0.25, -0.2) is 0 Å². The number of rotatable bonds is 2. The van der Waals surface area contributed by atoms with Crippen molar-refractivity contribution in [1.29, 1.82) is 0 Å². The molecule has 1 nitrogen and oxygen atoms in total. The Hall–Kier alpha value is -1.52. The van der Waals surface area contributed by atoms with Gasteiger partial charge in [0.25, 0.3) is 0 Å². The van der Waals surface area contributed by atoms with Gasteiger partial charge in [0.1, 0.15) is 0 Å². The van der Waals surface area contributed by atoms with Crippen LogP contribution in [0.4, 0.5) is 0 Å². The summed E-state index contributed by atoms with van der Waals surface area (Å²) in [6.45, 7) is 6.03. The van der Waals surface area contributed by atoms with E-state index in [1.807, 2.05) is 37.3 Å². The Morgan fingerprint density at radius 3 is 2.74 bits per heavy atom. The van der Waals surface area contributed by atoms with Gasteiger partial charge in [0.2, 0.25) is 0 Å². The normalized spacial score (nSPS) is 26.3. The molecule has 100 valence electrons. The molecular weight excluding hydrogens is 232 g/mol. The van der Waals surface area contributed by atoms with Crippen molar-refractivity contribution in [3.05, 3.63) is 48.0 Å². The Bertz CT molecular complexity index is 491. The summed E-state index contributed by atoms with van der Waals surface area (Å²) in [6.07, 6.45) is 4.56. The summed E-state index contributed by atoms with van der Waals surface area (Å²) in [5.74, 6) is 6.61. The lowest BCUT2D eigenvalue weighted by Gasteiger charge is -2.37. The average molecular weight is 254 g/mol. The molecule has 2 atom stereocenters. The van der Waals surface area contributed by atoms with Gasteiger partial charge in [0, 0.05) is 5.56 Å². The molecule has 2 rings (SSSR count). The van der Waals surface area contributed by atoms with Crippen molar-refractivity contribution >= 4 is 0 Å². The molecule has 1 aromatic rings. The second-order valence-corrected chi connectivity index (χ2v) is 5.67. The maximum Gasteiger partial charge on any atom is 0.0708 e. The van der Waals surface area contributed by atoms with Gasteiger partial charge in [-0.1, -0.05) is 48.5 Å². The fourth-order valence-corrected chi connectivity index (χ4v) is 2.87. The van der Waals surface area contributed by atoms with E-state index in [4.69, 9.17) is 0 Å². The first-order valence-electron chi connectivity index (χ1n) is 7.03. The average Bonchev–Trinajstić information content (AvgIpc) is 2.40. The third kappa shape index (κ3) is 3.49. The Morgan fingerprint density at radius 1 is 1.37 bits per heavy atom. The quantitative estimate of drug-likeness (QED) is 0.626. The highest BCUT2D eigenvalue weighted by atomic mass is 16.3. The number of aliphatic hydroxyl groups is 1. The number of allylic oxidation sites excluding steroid dienone is 1. The zero-order valence-corrected chi connectivity index (χ0v) is 11.7. The van der Waals surface area contributed by atoms with Crippen molar-refractivity contribution in [2.24, 2.45) is 5.41 Å². The van der Waals surface area contributed by atoms with Crippen molar-refractivity contribution in [1.82, 2.24) is 0 Å². The van der Waals surface area contributed by atoms with E-state index in [9.17, 15) is 5.11 Å².